The largest absolute Gasteiger partial charge is 0.481 e. The highest BCUT2D eigenvalue weighted by Crippen LogP contribution is 2.15. The zero-order valence-electron chi connectivity index (χ0n) is 13.9. The molecule has 0 heterocycles. The van der Waals surface area contributed by atoms with Crippen LogP contribution in [0.3, 0.4) is 0 Å². The van der Waals surface area contributed by atoms with Crippen LogP contribution in [0, 0.1) is 5.92 Å². The third-order valence-corrected chi connectivity index (χ3v) is 3.81. The average Bonchev–Trinajstić information content (AvgIpc) is 2.62. The molecule has 0 aliphatic heterocycles. The van der Waals surface area contributed by atoms with Crippen molar-refractivity contribution >= 4 is 5.97 Å². The molecule has 1 atom stereocenters. The van der Waals surface area contributed by atoms with E-state index in [9.17, 15) is 4.79 Å². The van der Waals surface area contributed by atoms with Gasteiger partial charge in [-0.25, -0.2) is 0 Å². The maximum Gasteiger partial charge on any atom is 0.306 e. The van der Waals surface area contributed by atoms with Crippen LogP contribution >= 0.6 is 0 Å². The van der Waals surface area contributed by atoms with E-state index >= 15 is 0 Å². The lowest BCUT2D eigenvalue weighted by Gasteiger charge is -2.20. The van der Waals surface area contributed by atoms with Crippen LogP contribution in [0.4, 0.5) is 0 Å². The molecular weight excluding hydrogens is 304 g/mol. The van der Waals surface area contributed by atoms with E-state index in [-0.39, 0.29) is 0 Å². The molecule has 0 aliphatic carbocycles. The van der Waals surface area contributed by atoms with Crippen LogP contribution in [-0.2, 0) is 27.5 Å². The van der Waals surface area contributed by atoms with Gasteiger partial charge in [-0.1, -0.05) is 67.6 Å². The Morgan fingerprint density at radius 3 is 1.75 bits per heavy atom. The number of carbonyl (C=O) groups is 1. The molecule has 2 aromatic carbocycles. The molecule has 4 heteroatoms. The van der Waals surface area contributed by atoms with E-state index in [0.29, 0.717) is 26.1 Å². The second-order valence-electron chi connectivity index (χ2n) is 5.84. The van der Waals surface area contributed by atoms with Gasteiger partial charge in [0, 0.05) is 0 Å². The van der Waals surface area contributed by atoms with Crippen molar-refractivity contribution in [1.82, 2.24) is 0 Å². The van der Waals surface area contributed by atoms with Gasteiger partial charge in [0.15, 0.2) is 6.29 Å². The number of hydrogen-bond donors (Lipinski definition) is 1. The lowest BCUT2D eigenvalue weighted by Crippen LogP contribution is -2.20. The first kappa shape index (κ1) is 18.2. The summed E-state index contributed by atoms with van der Waals surface area (Å²) in [5, 5.41) is 9.03. The van der Waals surface area contributed by atoms with Crippen molar-refractivity contribution in [3.63, 3.8) is 0 Å². The van der Waals surface area contributed by atoms with E-state index in [4.69, 9.17) is 14.6 Å². The quantitative estimate of drug-likeness (QED) is 0.663. The summed E-state index contributed by atoms with van der Waals surface area (Å²) in [5.74, 6) is -1.20. The topological polar surface area (TPSA) is 55.8 Å². The second-order valence-corrected chi connectivity index (χ2v) is 5.84. The molecule has 1 N–H and O–H groups in total. The smallest absolute Gasteiger partial charge is 0.306 e. The minimum absolute atomic E-state index is 0.409. The number of benzene rings is 2. The number of ether oxygens (including phenoxy) is 2. The highest BCUT2D eigenvalue weighted by atomic mass is 16.7. The molecular formula is C20H24O4. The van der Waals surface area contributed by atoms with Crippen LogP contribution in [0.2, 0.25) is 0 Å². The maximum atomic E-state index is 11.0. The molecule has 128 valence electrons. The SMILES string of the molecule is C[C@@H](CCC(OCc1ccccc1)OCc1ccccc1)C(=O)O. The normalized spacial score (nSPS) is 12.2. The molecule has 0 amide bonds. The molecule has 0 fully saturated rings. The van der Waals surface area contributed by atoms with E-state index in [2.05, 4.69) is 0 Å². The fraction of sp³-hybridized carbons (Fsp3) is 0.350. The summed E-state index contributed by atoms with van der Waals surface area (Å²) in [4.78, 5) is 11.0. The maximum absolute atomic E-state index is 11.0. The summed E-state index contributed by atoms with van der Waals surface area (Å²) in [6.45, 7) is 2.59. The molecule has 4 nitrogen and oxygen atoms in total. The fourth-order valence-electron chi connectivity index (χ4n) is 2.25. The predicted molar refractivity (Wildman–Crippen MR) is 92.3 cm³/mol. The summed E-state index contributed by atoms with van der Waals surface area (Å²) < 4.78 is 11.7. The Balaban J connectivity index is 1.88. The van der Waals surface area contributed by atoms with Gasteiger partial charge in [-0.15, -0.1) is 0 Å². The highest BCUT2D eigenvalue weighted by molar-refractivity contribution is 5.69. The third-order valence-electron chi connectivity index (χ3n) is 3.81. The lowest BCUT2D eigenvalue weighted by atomic mass is 10.1. The Bertz CT molecular complexity index is 554. The van der Waals surface area contributed by atoms with E-state index in [1.54, 1.807) is 6.92 Å². The first-order valence-corrected chi connectivity index (χ1v) is 8.19. The Kier molecular flexibility index (Phi) is 7.46. The van der Waals surface area contributed by atoms with E-state index in [1.807, 2.05) is 60.7 Å². The molecule has 0 saturated carbocycles. The van der Waals surface area contributed by atoms with Crippen molar-refractivity contribution < 1.29 is 19.4 Å². The van der Waals surface area contributed by atoms with Gasteiger partial charge in [-0.3, -0.25) is 4.79 Å². The molecule has 0 aliphatic rings. The Hall–Kier alpha value is -2.17. The van der Waals surface area contributed by atoms with Crippen LogP contribution in [0.15, 0.2) is 60.7 Å². The van der Waals surface area contributed by atoms with Crippen molar-refractivity contribution in [3.8, 4) is 0 Å². The van der Waals surface area contributed by atoms with Gasteiger partial charge in [0.1, 0.15) is 0 Å². The van der Waals surface area contributed by atoms with Crippen molar-refractivity contribution in [2.24, 2.45) is 5.92 Å². The van der Waals surface area contributed by atoms with E-state index in [1.165, 1.54) is 0 Å². The summed E-state index contributed by atoms with van der Waals surface area (Å²) in [5.41, 5.74) is 2.13. The van der Waals surface area contributed by atoms with Gasteiger partial charge < -0.3 is 14.6 Å². The Morgan fingerprint density at radius 2 is 1.33 bits per heavy atom. The number of hydrogen-bond acceptors (Lipinski definition) is 3. The molecule has 24 heavy (non-hydrogen) atoms. The molecule has 0 unspecified atom stereocenters. The molecule has 0 aromatic heterocycles. The zero-order valence-corrected chi connectivity index (χ0v) is 13.9. The zero-order chi connectivity index (χ0) is 17.2. The molecule has 0 bridgehead atoms. The summed E-state index contributed by atoms with van der Waals surface area (Å²) in [6.07, 6.45) is 0.642. The number of aliphatic carboxylic acids is 1. The van der Waals surface area contributed by atoms with E-state index in [0.717, 1.165) is 11.1 Å². The van der Waals surface area contributed by atoms with Gasteiger partial charge in [-0.05, 0) is 24.0 Å². The van der Waals surface area contributed by atoms with Crippen LogP contribution in [0.1, 0.15) is 30.9 Å². The Morgan fingerprint density at radius 1 is 0.875 bits per heavy atom. The van der Waals surface area contributed by atoms with Crippen molar-refractivity contribution in [2.75, 3.05) is 0 Å². The molecule has 0 radical (unpaired) electrons. The first-order valence-electron chi connectivity index (χ1n) is 8.19. The molecule has 2 aromatic rings. The standard InChI is InChI=1S/C20H24O4/c1-16(20(21)22)12-13-19(23-14-17-8-4-2-5-9-17)24-15-18-10-6-3-7-11-18/h2-11,16,19H,12-15H2,1H3,(H,21,22)/t16-/m0/s1. The monoisotopic (exact) mass is 328 g/mol. The van der Waals surface area contributed by atoms with Gasteiger partial charge in [0.25, 0.3) is 0 Å². The van der Waals surface area contributed by atoms with Crippen molar-refractivity contribution in [2.45, 2.75) is 39.3 Å². The van der Waals surface area contributed by atoms with Crippen LogP contribution in [0.25, 0.3) is 0 Å². The fourth-order valence-corrected chi connectivity index (χ4v) is 2.25. The Labute approximate surface area is 143 Å². The number of carboxylic acids is 1. The molecule has 2 rings (SSSR count). The summed E-state index contributed by atoms with van der Waals surface area (Å²) in [6, 6.07) is 19.7. The van der Waals surface area contributed by atoms with Gasteiger partial charge >= 0.3 is 5.97 Å². The van der Waals surface area contributed by atoms with Crippen molar-refractivity contribution in [1.29, 1.82) is 0 Å². The summed E-state index contributed by atoms with van der Waals surface area (Å²) >= 11 is 0. The van der Waals surface area contributed by atoms with Crippen molar-refractivity contribution in [3.05, 3.63) is 71.8 Å². The van der Waals surface area contributed by atoms with Crippen LogP contribution < -0.4 is 0 Å². The molecule has 0 spiro atoms. The molecule has 0 saturated heterocycles. The van der Waals surface area contributed by atoms with Gasteiger partial charge in [-0.2, -0.15) is 0 Å². The lowest BCUT2D eigenvalue weighted by molar-refractivity contribution is -0.163. The van der Waals surface area contributed by atoms with E-state index < -0.39 is 18.2 Å². The minimum atomic E-state index is -0.792. The summed E-state index contributed by atoms with van der Waals surface area (Å²) in [7, 11) is 0. The first-order chi connectivity index (χ1) is 11.6. The highest BCUT2D eigenvalue weighted by Gasteiger charge is 2.16. The van der Waals surface area contributed by atoms with Crippen LogP contribution in [0.5, 0.6) is 0 Å². The predicted octanol–water partition coefficient (Wildman–Crippen LogP) is 4.25. The third kappa shape index (κ3) is 6.52. The van der Waals surface area contributed by atoms with Crippen LogP contribution in [-0.4, -0.2) is 17.4 Å². The number of rotatable bonds is 10. The number of carboxylic acid groups (broad SMARTS) is 1. The average molecular weight is 328 g/mol. The second kappa shape index (κ2) is 9.85. The van der Waals surface area contributed by atoms with Gasteiger partial charge in [0.2, 0.25) is 0 Å². The minimum Gasteiger partial charge on any atom is -0.481 e. The van der Waals surface area contributed by atoms with Gasteiger partial charge in [0.05, 0.1) is 19.1 Å².